The third-order valence-corrected chi connectivity index (χ3v) is 5.80. The van der Waals surface area contributed by atoms with E-state index in [0.29, 0.717) is 16.8 Å². The van der Waals surface area contributed by atoms with E-state index in [-0.39, 0.29) is 17.0 Å². The maximum Gasteiger partial charge on any atom is 0.336 e. The van der Waals surface area contributed by atoms with Crippen LogP contribution in [0.1, 0.15) is 43.6 Å². The average Bonchev–Trinajstić information content (AvgIpc) is 3.19. The van der Waals surface area contributed by atoms with E-state index in [0.717, 1.165) is 15.9 Å². The van der Waals surface area contributed by atoms with Crippen LogP contribution in [0.15, 0.2) is 84.0 Å². The SMILES string of the molecule is Cc1[nH]c2ccccc2c1C1C(=O)NC(c2ccccc2)=NN1C(=O)c1ccccc1C(=O)O. The Morgan fingerprint density at radius 3 is 2.29 bits per heavy atom. The van der Waals surface area contributed by atoms with Crippen LogP contribution in [0, 0.1) is 6.92 Å². The molecular formula is C26H20N4O4. The number of fused-ring (bicyclic) bond motifs is 1. The lowest BCUT2D eigenvalue weighted by Gasteiger charge is -2.32. The van der Waals surface area contributed by atoms with Crippen LogP contribution in [-0.2, 0) is 4.79 Å². The number of para-hydroxylation sites is 1. The number of carbonyl (C=O) groups is 3. The molecule has 0 saturated heterocycles. The predicted octanol–water partition coefficient (Wildman–Crippen LogP) is 3.85. The van der Waals surface area contributed by atoms with Gasteiger partial charge in [0.1, 0.15) is 0 Å². The second-order valence-electron chi connectivity index (χ2n) is 7.92. The molecule has 0 spiro atoms. The summed E-state index contributed by atoms with van der Waals surface area (Å²) in [5.41, 5.74) is 2.54. The number of amides is 2. The Bertz CT molecular complexity index is 1470. The topological polar surface area (TPSA) is 115 Å². The van der Waals surface area contributed by atoms with E-state index in [4.69, 9.17) is 0 Å². The van der Waals surface area contributed by atoms with Crippen LogP contribution in [0.5, 0.6) is 0 Å². The number of aromatic nitrogens is 1. The number of amidine groups is 1. The molecule has 5 rings (SSSR count). The highest BCUT2D eigenvalue weighted by atomic mass is 16.4. The minimum Gasteiger partial charge on any atom is -0.478 e. The molecule has 2 amide bonds. The maximum atomic E-state index is 13.8. The summed E-state index contributed by atoms with van der Waals surface area (Å²) in [5, 5.41) is 18.9. The third kappa shape index (κ3) is 3.51. The van der Waals surface area contributed by atoms with E-state index in [9.17, 15) is 19.5 Å². The Morgan fingerprint density at radius 2 is 1.56 bits per heavy atom. The number of carbonyl (C=O) groups excluding carboxylic acids is 2. The summed E-state index contributed by atoms with van der Waals surface area (Å²) in [6, 6.07) is 21.3. The Kier molecular flexibility index (Phi) is 5.18. The summed E-state index contributed by atoms with van der Waals surface area (Å²) >= 11 is 0. The van der Waals surface area contributed by atoms with Crippen molar-refractivity contribution in [3.05, 3.63) is 107 Å². The molecule has 2 heterocycles. The zero-order valence-electron chi connectivity index (χ0n) is 18.1. The number of carboxylic acid groups (broad SMARTS) is 1. The van der Waals surface area contributed by atoms with Gasteiger partial charge in [-0.2, -0.15) is 0 Å². The number of aromatic amines is 1. The van der Waals surface area contributed by atoms with Crippen LogP contribution in [0.25, 0.3) is 10.9 Å². The van der Waals surface area contributed by atoms with Gasteiger partial charge in [0.25, 0.3) is 11.8 Å². The Hall–Kier alpha value is -4.72. The molecule has 1 aliphatic rings. The molecule has 0 saturated carbocycles. The van der Waals surface area contributed by atoms with E-state index in [1.54, 1.807) is 36.4 Å². The lowest BCUT2D eigenvalue weighted by atomic mass is 9.99. The van der Waals surface area contributed by atoms with Crippen molar-refractivity contribution in [2.75, 3.05) is 0 Å². The molecule has 34 heavy (non-hydrogen) atoms. The minimum atomic E-state index is -1.24. The normalized spacial score (nSPS) is 15.7. The number of hydrogen-bond donors (Lipinski definition) is 3. The molecule has 1 unspecified atom stereocenters. The minimum absolute atomic E-state index is 0.0524. The highest BCUT2D eigenvalue weighted by molar-refractivity contribution is 6.14. The highest BCUT2D eigenvalue weighted by Crippen LogP contribution is 2.35. The standard InChI is InChI=1S/C26H20N4O4/c1-15-21(19-13-7-8-14-20(19)27-15)22-24(31)28-23(16-9-3-2-4-10-16)29-30(22)25(32)17-11-5-6-12-18(17)26(33)34/h2-14,22,27H,1H3,(H,33,34)(H,28,29,31). The molecule has 0 radical (unpaired) electrons. The number of aryl methyl sites for hydroxylation is 1. The summed E-state index contributed by atoms with van der Waals surface area (Å²) in [5.74, 6) is -2.16. The molecule has 1 aliphatic heterocycles. The van der Waals surface area contributed by atoms with Crippen LogP contribution >= 0.6 is 0 Å². The van der Waals surface area contributed by atoms with Gasteiger partial charge >= 0.3 is 5.97 Å². The third-order valence-electron chi connectivity index (χ3n) is 5.80. The van der Waals surface area contributed by atoms with Crippen molar-refractivity contribution >= 4 is 34.5 Å². The van der Waals surface area contributed by atoms with Gasteiger partial charge in [0.05, 0.1) is 11.1 Å². The number of aromatic carboxylic acids is 1. The van der Waals surface area contributed by atoms with Crippen LogP contribution < -0.4 is 5.32 Å². The van der Waals surface area contributed by atoms with E-state index in [1.165, 1.54) is 12.1 Å². The van der Waals surface area contributed by atoms with Crippen molar-refractivity contribution in [2.24, 2.45) is 5.10 Å². The first-order valence-corrected chi connectivity index (χ1v) is 10.6. The van der Waals surface area contributed by atoms with Gasteiger partial charge in [0.2, 0.25) is 0 Å². The van der Waals surface area contributed by atoms with Crippen molar-refractivity contribution in [1.29, 1.82) is 0 Å². The molecule has 1 atom stereocenters. The first kappa shape index (κ1) is 21.1. The van der Waals surface area contributed by atoms with E-state index in [2.05, 4.69) is 15.4 Å². The van der Waals surface area contributed by atoms with Gasteiger partial charge in [-0.25, -0.2) is 9.80 Å². The Morgan fingerprint density at radius 1 is 0.912 bits per heavy atom. The molecule has 0 aliphatic carbocycles. The fourth-order valence-corrected chi connectivity index (χ4v) is 4.26. The van der Waals surface area contributed by atoms with Crippen LogP contribution in [0.2, 0.25) is 0 Å². The van der Waals surface area contributed by atoms with E-state index >= 15 is 0 Å². The number of hydrogen-bond acceptors (Lipinski definition) is 4. The largest absolute Gasteiger partial charge is 0.478 e. The van der Waals surface area contributed by atoms with Gasteiger partial charge in [-0.1, -0.05) is 60.7 Å². The maximum absolute atomic E-state index is 13.8. The quantitative estimate of drug-likeness (QED) is 0.436. The second-order valence-corrected chi connectivity index (χ2v) is 7.92. The zero-order valence-corrected chi connectivity index (χ0v) is 18.1. The van der Waals surface area contributed by atoms with Crippen molar-refractivity contribution in [3.8, 4) is 0 Å². The summed E-state index contributed by atoms with van der Waals surface area (Å²) in [6.45, 7) is 1.83. The monoisotopic (exact) mass is 452 g/mol. The Labute approximate surface area is 194 Å². The lowest BCUT2D eigenvalue weighted by Crippen LogP contribution is -2.49. The number of hydrazone groups is 1. The van der Waals surface area contributed by atoms with Crippen LogP contribution in [0.4, 0.5) is 0 Å². The summed E-state index contributed by atoms with van der Waals surface area (Å²) in [4.78, 5) is 42.4. The molecular weight excluding hydrogens is 432 g/mol. The molecule has 168 valence electrons. The summed E-state index contributed by atoms with van der Waals surface area (Å²) < 4.78 is 0. The summed E-state index contributed by atoms with van der Waals surface area (Å²) in [6.07, 6.45) is 0. The molecule has 8 heteroatoms. The zero-order chi connectivity index (χ0) is 23.8. The van der Waals surface area contributed by atoms with Crippen LogP contribution in [-0.4, -0.2) is 38.7 Å². The molecule has 1 aromatic heterocycles. The van der Waals surface area contributed by atoms with Gasteiger partial charge in [0.15, 0.2) is 11.9 Å². The molecule has 3 N–H and O–H groups in total. The number of rotatable bonds is 4. The van der Waals surface area contributed by atoms with Gasteiger partial charge in [-0.15, -0.1) is 5.10 Å². The summed E-state index contributed by atoms with van der Waals surface area (Å²) in [7, 11) is 0. The average molecular weight is 452 g/mol. The Balaban J connectivity index is 1.72. The molecule has 0 bridgehead atoms. The molecule has 8 nitrogen and oxygen atoms in total. The number of nitrogens with one attached hydrogen (secondary N) is 2. The van der Waals surface area contributed by atoms with Gasteiger partial charge in [-0.3, -0.25) is 9.59 Å². The number of carboxylic acids is 1. The number of nitrogens with zero attached hydrogens (tertiary/aromatic N) is 2. The van der Waals surface area contributed by atoms with E-state index < -0.39 is 23.8 Å². The van der Waals surface area contributed by atoms with E-state index in [1.807, 2.05) is 37.3 Å². The first-order valence-electron chi connectivity index (χ1n) is 10.6. The highest BCUT2D eigenvalue weighted by Gasteiger charge is 2.40. The molecule has 4 aromatic rings. The molecule has 0 fully saturated rings. The lowest BCUT2D eigenvalue weighted by molar-refractivity contribution is -0.125. The fraction of sp³-hybridized carbons (Fsp3) is 0.0769. The van der Waals surface area contributed by atoms with Gasteiger partial charge < -0.3 is 15.4 Å². The fourth-order valence-electron chi connectivity index (χ4n) is 4.26. The van der Waals surface area contributed by atoms with Crippen molar-refractivity contribution in [2.45, 2.75) is 13.0 Å². The van der Waals surface area contributed by atoms with Gasteiger partial charge in [0, 0.05) is 27.7 Å². The molecule has 3 aromatic carbocycles. The predicted molar refractivity (Wildman–Crippen MR) is 126 cm³/mol. The second kappa shape index (κ2) is 8.32. The number of benzene rings is 3. The first-order chi connectivity index (χ1) is 16.5. The van der Waals surface area contributed by atoms with Gasteiger partial charge in [-0.05, 0) is 25.1 Å². The van der Waals surface area contributed by atoms with Crippen molar-refractivity contribution < 1.29 is 19.5 Å². The smallest absolute Gasteiger partial charge is 0.336 e. The van der Waals surface area contributed by atoms with Crippen molar-refractivity contribution in [1.82, 2.24) is 15.3 Å². The van der Waals surface area contributed by atoms with Crippen LogP contribution in [0.3, 0.4) is 0 Å². The number of H-pyrrole nitrogens is 1. The van der Waals surface area contributed by atoms with Crippen molar-refractivity contribution in [3.63, 3.8) is 0 Å².